The van der Waals surface area contributed by atoms with Crippen LogP contribution < -0.4 is 4.90 Å². The lowest BCUT2D eigenvalue weighted by Gasteiger charge is -2.28. The van der Waals surface area contributed by atoms with Gasteiger partial charge in [-0.15, -0.1) is 11.3 Å². The minimum atomic E-state index is 1.12. The molecule has 0 fully saturated rings. The molecule has 0 saturated carbocycles. The number of anilines is 3. The highest BCUT2D eigenvalue weighted by molar-refractivity contribution is 7.26. The van der Waals surface area contributed by atoms with Crippen molar-refractivity contribution in [3.8, 4) is 22.3 Å². The second kappa shape index (κ2) is 12.4. The average molecular weight is 704 g/mol. The van der Waals surface area contributed by atoms with E-state index < -0.39 is 0 Å². The number of fused-ring (bicyclic) bond motifs is 8. The summed E-state index contributed by atoms with van der Waals surface area (Å²) in [4.78, 5) is 2.45. The van der Waals surface area contributed by atoms with E-state index >= 15 is 0 Å². The zero-order chi connectivity index (χ0) is 35.6. The van der Waals surface area contributed by atoms with Gasteiger partial charge in [-0.1, -0.05) is 158 Å². The molecule has 0 unspecified atom stereocenters. The van der Waals surface area contributed by atoms with E-state index in [-0.39, 0.29) is 0 Å². The van der Waals surface area contributed by atoms with Gasteiger partial charge in [-0.2, -0.15) is 0 Å². The van der Waals surface area contributed by atoms with E-state index in [1.54, 1.807) is 0 Å². The second-order valence-electron chi connectivity index (χ2n) is 14.1. The fourth-order valence-electron chi connectivity index (χ4n) is 8.55. The maximum Gasteiger partial charge on any atom is 0.0540 e. The van der Waals surface area contributed by atoms with E-state index in [0.717, 1.165) is 17.1 Å². The topological polar surface area (TPSA) is 3.24 Å². The number of benzene rings is 10. The smallest absolute Gasteiger partial charge is 0.0540 e. The van der Waals surface area contributed by atoms with Crippen LogP contribution in [-0.4, -0.2) is 0 Å². The number of hydrogen-bond acceptors (Lipinski definition) is 2. The zero-order valence-corrected chi connectivity index (χ0v) is 30.2. The summed E-state index contributed by atoms with van der Waals surface area (Å²) in [6, 6.07) is 73.5. The molecule has 0 radical (unpaired) electrons. The molecule has 0 N–H and O–H groups in total. The van der Waals surface area contributed by atoms with E-state index in [2.05, 4.69) is 205 Å². The summed E-state index contributed by atoms with van der Waals surface area (Å²) in [6.45, 7) is 0. The van der Waals surface area contributed by atoms with Crippen molar-refractivity contribution < 1.29 is 0 Å². The Bertz CT molecular complexity index is 3230. The maximum atomic E-state index is 2.45. The van der Waals surface area contributed by atoms with Crippen molar-refractivity contribution in [3.63, 3.8) is 0 Å². The Morgan fingerprint density at radius 3 is 1.83 bits per heavy atom. The fraction of sp³-hybridized carbons (Fsp3) is 0. The van der Waals surface area contributed by atoms with E-state index in [1.807, 2.05) is 11.3 Å². The highest BCUT2D eigenvalue weighted by Crippen LogP contribution is 2.49. The first-order chi connectivity index (χ1) is 26.8. The third-order valence-electron chi connectivity index (χ3n) is 11.0. The first-order valence-electron chi connectivity index (χ1n) is 18.5. The standard InChI is InChI=1S/C52H33NS/c1-2-13-34(14-3-1)36-17-12-18-39(31-36)53(40-27-28-42-38(32-40)26-25-35-15-4-6-19-41(35)42)48-30-29-46(44-21-8-9-22-45(44)48)51-43-20-7-5-16-37(43)33-50-52(51)47-23-10-11-24-49(47)54-50/h1-33H. The van der Waals surface area contributed by atoms with Crippen molar-refractivity contribution >= 4 is 91.7 Å². The van der Waals surface area contributed by atoms with Gasteiger partial charge in [0.1, 0.15) is 0 Å². The van der Waals surface area contributed by atoms with Crippen molar-refractivity contribution in [3.05, 3.63) is 200 Å². The summed E-state index contributed by atoms with van der Waals surface area (Å²) in [7, 11) is 0. The second-order valence-corrected chi connectivity index (χ2v) is 15.1. The maximum absolute atomic E-state index is 2.45. The molecule has 0 amide bonds. The van der Waals surface area contributed by atoms with Gasteiger partial charge >= 0.3 is 0 Å². The molecule has 1 heterocycles. The molecule has 252 valence electrons. The Hall–Kier alpha value is -6.74. The van der Waals surface area contributed by atoms with Crippen molar-refractivity contribution in [1.82, 2.24) is 0 Å². The molecule has 11 rings (SSSR count). The molecule has 1 aromatic heterocycles. The monoisotopic (exact) mass is 703 g/mol. The van der Waals surface area contributed by atoms with Gasteiger partial charge in [0.25, 0.3) is 0 Å². The molecule has 0 saturated heterocycles. The predicted octanol–water partition coefficient (Wildman–Crippen LogP) is 15.5. The highest BCUT2D eigenvalue weighted by atomic mass is 32.1. The van der Waals surface area contributed by atoms with Crippen LogP contribution in [0.3, 0.4) is 0 Å². The summed E-state index contributed by atoms with van der Waals surface area (Å²) >= 11 is 1.89. The highest BCUT2D eigenvalue weighted by Gasteiger charge is 2.21. The minimum Gasteiger partial charge on any atom is -0.310 e. The average Bonchev–Trinajstić information content (AvgIpc) is 3.61. The fourth-order valence-corrected chi connectivity index (χ4v) is 9.71. The van der Waals surface area contributed by atoms with Crippen LogP contribution >= 0.6 is 11.3 Å². The lowest BCUT2D eigenvalue weighted by atomic mass is 9.89. The lowest BCUT2D eigenvalue weighted by molar-refractivity contribution is 1.30. The first kappa shape index (κ1) is 30.8. The van der Waals surface area contributed by atoms with Crippen molar-refractivity contribution in [2.75, 3.05) is 4.90 Å². The van der Waals surface area contributed by atoms with Gasteiger partial charge in [0, 0.05) is 36.9 Å². The molecule has 0 aliphatic heterocycles. The summed E-state index contributed by atoms with van der Waals surface area (Å²) < 4.78 is 2.64. The largest absolute Gasteiger partial charge is 0.310 e. The van der Waals surface area contributed by atoms with Gasteiger partial charge in [0.2, 0.25) is 0 Å². The molecular weight excluding hydrogens is 671 g/mol. The van der Waals surface area contributed by atoms with Crippen LogP contribution in [-0.2, 0) is 0 Å². The lowest BCUT2D eigenvalue weighted by Crippen LogP contribution is -2.11. The molecule has 11 aromatic rings. The third-order valence-corrected chi connectivity index (χ3v) is 12.1. The molecule has 1 nitrogen and oxygen atoms in total. The van der Waals surface area contributed by atoms with Crippen LogP contribution in [0.15, 0.2) is 200 Å². The van der Waals surface area contributed by atoms with Crippen LogP contribution in [0.1, 0.15) is 0 Å². The number of nitrogens with zero attached hydrogens (tertiary/aromatic N) is 1. The number of hydrogen-bond donors (Lipinski definition) is 0. The molecule has 0 aliphatic carbocycles. The van der Waals surface area contributed by atoms with E-state index in [9.17, 15) is 0 Å². The molecular formula is C52H33NS. The summed E-state index contributed by atoms with van der Waals surface area (Å²) in [5.41, 5.74) is 8.33. The van der Waals surface area contributed by atoms with Gasteiger partial charge in [0.05, 0.1) is 5.69 Å². The molecule has 0 bridgehead atoms. The molecule has 0 aliphatic rings. The first-order valence-corrected chi connectivity index (χ1v) is 19.3. The molecule has 54 heavy (non-hydrogen) atoms. The van der Waals surface area contributed by atoms with Crippen molar-refractivity contribution in [1.29, 1.82) is 0 Å². The number of rotatable bonds is 5. The van der Waals surface area contributed by atoms with Crippen LogP contribution in [0.4, 0.5) is 17.1 Å². The molecule has 10 aromatic carbocycles. The SMILES string of the molecule is c1ccc(-c2cccc(N(c3ccc4c(ccc5ccccc54)c3)c3ccc(-c4c5ccccc5cc5sc6ccccc6c45)c4ccccc34)c2)cc1. The zero-order valence-electron chi connectivity index (χ0n) is 29.4. The minimum absolute atomic E-state index is 1.12. The summed E-state index contributed by atoms with van der Waals surface area (Å²) in [6.07, 6.45) is 0. The van der Waals surface area contributed by atoms with Gasteiger partial charge in [-0.3, -0.25) is 0 Å². The van der Waals surface area contributed by atoms with Crippen molar-refractivity contribution in [2.45, 2.75) is 0 Å². The Morgan fingerprint density at radius 2 is 0.963 bits per heavy atom. The Morgan fingerprint density at radius 1 is 0.333 bits per heavy atom. The Labute approximate surface area is 317 Å². The van der Waals surface area contributed by atoms with Crippen LogP contribution in [0.2, 0.25) is 0 Å². The van der Waals surface area contributed by atoms with E-state index in [0.29, 0.717) is 0 Å². The van der Waals surface area contributed by atoms with Crippen LogP contribution in [0.25, 0.3) is 85.5 Å². The van der Waals surface area contributed by atoms with E-state index in [4.69, 9.17) is 0 Å². The Kier molecular flexibility index (Phi) is 7.11. The van der Waals surface area contributed by atoms with Gasteiger partial charge in [-0.05, 0) is 102 Å². The summed E-state index contributed by atoms with van der Waals surface area (Å²) in [5, 5.41) is 12.7. The number of thiophene rings is 1. The Balaban J connectivity index is 1.19. The van der Waals surface area contributed by atoms with Crippen LogP contribution in [0.5, 0.6) is 0 Å². The quantitative estimate of drug-likeness (QED) is 0.161. The van der Waals surface area contributed by atoms with Gasteiger partial charge < -0.3 is 4.90 Å². The summed E-state index contributed by atoms with van der Waals surface area (Å²) in [5.74, 6) is 0. The van der Waals surface area contributed by atoms with Gasteiger partial charge in [-0.25, -0.2) is 0 Å². The normalized spacial score (nSPS) is 11.7. The van der Waals surface area contributed by atoms with Crippen LogP contribution in [0, 0.1) is 0 Å². The van der Waals surface area contributed by atoms with Crippen molar-refractivity contribution in [2.24, 2.45) is 0 Å². The van der Waals surface area contributed by atoms with E-state index in [1.165, 1.54) is 85.5 Å². The molecule has 2 heteroatoms. The third kappa shape index (κ3) is 4.92. The predicted molar refractivity (Wildman–Crippen MR) is 235 cm³/mol. The molecule has 0 atom stereocenters. The molecule has 0 spiro atoms. The van der Waals surface area contributed by atoms with Gasteiger partial charge in [0.15, 0.2) is 0 Å².